The normalized spacial score (nSPS) is 7.62. The summed E-state index contributed by atoms with van der Waals surface area (Å²) in [5.41, 5.74) is 0. The quantitative estimate of drug-likeness (QED) is 0.583. The van der Waals surface area contributed by atoms with Crippen LogP contribution in [0.25, 0.3) is 0 Å². The van der Waals surface area contributed by atoms with Crippen LogP contribution in [0.5, 0.6) is 0 Å². The van der Waals surface area contributed by atoms with Crippen LogP contribution >= 0.6 is 0 Å². The summed E-state index contributed by atoms with van der Waals surface area (Å²) in [4.78, 5) is 9.63. The third kappa shape index (κ3) is 9.47. The van der Waals surface area contributed by atoms with Gasteiger partial charge in [-0.3, -0.25) is 0 Å². The molecule has 0 bridgehead atoms. The Labute approximate surface area is 62.9 Å². The van der Waals surface area contributed by atoms with Crippen LogP contribution in [0, 0.1) is 0 Å². The molecule has 0 aromatic carbocycles. The Morgan fingerprint density at radius 3 is 2.38 bits per heavy atom. The van der Waals surface area contributed by atoms with E-state index in [-0.39, 0.29) is 28.3 Å². The second-order valence-electron chi connectivity index (χ2n) is 1.03. The predicted molar refractivity (Wildman–Crippen MR) is 24.1 cm³/mol. The number of ether oxygens (including phenoxy) is 1. The number of hydrogen-bond donors (Lipinski definition) is 1. The van der Waals surface area contributed by atoms with Gasteiger partial charge in [-0.05, 0) is 6.92 Å². The molecule has 0 aromatic heterocycles. The van der Waals surface area contributed by atoms with Crippen LogP contribution in [0.1, 0.15) is 6.92 Å². The van der Waals surface area contributed by atoms with Gasteiger partial charge >= 0.3 is 5.97 Å². The molecule has 0 amide bonds. The van der Waals surface area contributed by atoms with Crippen LogP contribution < -0.4 is 0 Å². The second kappa shape index (κ2) is 7.14. The smallest absolute Gasteiger partial charge is 0.329 e. The summed E-state index contributed by atoms with van der Waals surface area (Å²) in [6, 6.07) is 0. The van der Waals surface area contributed by atoms with Gasteiger partial charge in [0.25, 0.3) is 0 Å². The molecule has 0 heterocycles. The van der Waals surface area contributed by atoms with Crippen molar-refractivity contribution in [3.63, 3.8) is 0 Å². The van der Waals surface area contributed by atoms with E-state index in [1.165, 1.54) is 0 Å². The van der Waals surface area contributed by atoms with E-state index in [4.69, 9.17) is 5.11 Å². The Bertz CT molecular complexity index is 64.3. The fourth-order valence-electron chi connectivity index (χ4n) is 0.189. The molecular formula is C4H8O3Ti. The number of hydrogen-bond acceptors (Lipinski definition) is 2. The number of carbonyl (C=O) groups is 1. The predicted octanol–water partition coefficient (Wildman–Crippen LogP) is 0.105. The molecule has 0 aliphatic carbocycles. The van der Waals surface area contributed by atoms with Gasteiger partial charge in [-0.2, -0.15) is 0 Å². The fourth-order valence-corrected chi connectivity index (χ4v) is 0.189. The number of carboxylic acid groups (broad SMARTS) is 1. The maximum absolute atomic E-state index is 9.63. The summed E-state index contributed by atoms with van der Waals surface area (Å²) in [7, 11) is 0. The number of aliphatic carboxylic acids is 1. The van der Waals surface area contributed by atoms with Crippen LogP contribution in [0.15, 0.2) is 0 Å². The zero-order valence-corrected chi connectivity index (χ0v) is 6.24. The average molecular weight is 152 g/mol. The Kier molecular flexibility index (Phi) is 9.83. The minimum atomic E-state index is -0.915. The van der Waals surface area contributed by atoms with Gasteiger partial charge in [0.1, 0.15) is 6.61 Å². The van der Waals surface area contributed by atoms with Crippen molar-refractivity contribution in [3.05, 3.63) is 0 Å². The van der Waals surface area contributed by atoms with E-state index < -0.39 is 5.97 Å². The Morgan fingerprint density at radius 2 is 2.25 bits per heavy atom. The van der Waals surface area contributed by atoms with Gasteiger partial charge in [-0.25, -0.2) is 4.79 Å². The first-order chi connectivity index (χ1) is 3.27. The molecule has 46 valence electrons. The van der Waals surface area contributed by atoms with Gasteiger partial charge in [0, 0.05) is 28.3 Å². The van der Waals surface area contributed by atoms with Crippen molar-refractivity contribution < 1.29 is 36.4 Å². The molecule has 3 nitrogen and oxygen atoms in total. The minimum Gasteiger partial charge on any atom is -0.480 e. The van der Waals surface area contributed by atoms with Crippen molar-refractivity contribution in [2.75, 3.05) is 13.2 Å². The van der Waals surface area contributed by atoms with Gasteiger partial charge in [-0.1, -0.05) is 0 Å². The topological polar surface area (TPSA) is 46.5 Å². The van der Waals surface area contributed by atoms with Crippen LogP contribution in [-0.2, 0) is 31.2 Å². The summed E-state index contributed by atoms with van der Waals surface area (Å²) in [6.45, 7) is 2.03. The molecule has 0 fully saturated rings. The fraction of sp³-hybridized carbons (Fsp3) is 0.750. The maximum atomic E-state index is 9.63. The van der Waals surface area contributed by atoms with Crippen LogP contribution in [-0.4, -0.2) is 24.3 Å². The molecule has 0 aliphatic rings. The van der Waals surface area contributed by atoms with Crippen molar-refractivity contribution in [3.8, 4) is 0 Å². The maximum Gasteiger partial charge on any atom is 0.329 e. The van der Waals surface area contributed by atoms with Gasteiger partial charge in [0.05, 0.1) is 0 Å². The van der Waals surface area contributed by atoms with E-state index in [1.807, 2.05) is 0 Å². The second-order valence-corrected chi connectivity index (χ2v) is 1.03. The molecule has 1 N–H and O–H groups in total. The molecule has 0 aliphatic heterocycles. The zero-order valence-electron chi connectivity index (χ0n) is 4.68. The average Bonchev–Trinajstić information content (AvgIpc) is 1.61. The Hall–Kier alpha value is 0.144. The summed E-state index contributed by atoms with van der Waals surface area (Å²) in [6.07, 6.45) is 0. The molecule has 8 heavy (non-hydrogen) atoms. The summed E-state index contributed by atoms with van der Waals surface area (Å²) in [5.74, 6) is -0.915. The molecule has 0 radical (unpaired) electrons. The molecule has 0 spiro atoms. The zero-order chi connectivity index (χ0) is 5.70. The standard InChI is InChI=1S/C4H8O3.Ti/c1-2-7-3-4(5)6;/h2-3H2,1H3,(H,5,6);. The van der Waals surface area contributed by atoms with Gasteiger partial charge in [0.2, 0.25) is 0 Å². The monoisotopic (exact) mass is 152 g/mol. The number of rotatable bonds is 3. The van der Waals surface area contributed by atoms with Crippen LogP contribution in [0.2, 0.25) is 0 Å². The van der Waals surface area contributed by atoms with Crippen molar-refractivity contribution in [1.82, 2.24) is 0 Å². The summed E-state index contributed by atoms with van der Waals surface area (Å²) in [5, 5.41) is 7.92. The van der Waals surface area contributed by atoms with E-state index in [1.54, 1.807) is 6.92 Å². The SMILES string of the molecule is CCOCC(=O)O.[Ti]. The van der Waals surface area contributed by atoms with E-state index in [2.05, 4.69) is 4.74 Å². The first-order valence-electron chi connectivity index (χ1n) is 2.07. The van der Waals surface area contributed by atoms with E-state index in [9.17, 15) is 4.79 Å². The summed E-state index contributed by atoms with van der Waals surface area (Å²) < 4.78 is 4.50. The molecule has 4 heteroatoms. The number of carboxylic acids is 1. The van der Waals surface area contributed by atoms with E-state index in [0.29, 0.717) is 6.61 Å². The van der Waals surface area contributed by atoms with Gasteiger partial charge in [-0.15, -0.1) is 0 Å². The minimum absolute atomic E-state index is 0. The molecule has 0 saturated carbocycles. The molecule has 0 aromatic rings. The molecular weight excluding hydrogens is 144 g/mol. The van der Waals surface area contributed by atoms with Crippen molar-refractivity contribution >= 4 is 5.97 Å². The van der Waals surface area contributed by atoms with Crippen LogP contribution in [0.3, 0.4) is 0 Å². The third-order valence-corrected chi connectivity index (χ3v) is 0.430. The van der Waals surface area contributed by atoms with Crippen molar-refractivity contribution in [2.45, 2.75) is 6.92 Å². The molecule has 0 saturated heterocycles. The molecule has 0 unspecified atom stereocenters. The van der Waals surface area contributed by atoms with E-state index >= 15 is 0 Å². The third-order valence-electron chi connectivity index (χ3n) is 0.430. The Balaban J connectivity index is 0. The van der Waals surface area contributed by atoms with Crippen molar-refractivity contribution in [2.24, 2.45) is 0 Å². The first kappa shape index (κ1) is 11.0. The van der Waals surface area contributed by atoms with E-state index in [0.717, 1.165) is 0 Å². The Morgan fingerprint density at radius 1 is 1.75 bits per heavy atom. The van der Waals surface area contributed by atoms with Crippen molar-refractivity contribution in [1.29, 1.82) is 0 Å². The van der Waals surface area contributed by atoms with Gasteiger partial charge in [0.15, 0.2) is 0 Å². The summed E-state index contributed by atoms with van der Waals surface area (Å²) >= 11 is 0. The molecule has 0 rings (SSSR count). The van der Waals surface area contributed by atoms with Gasteiger partial charge < -0.3 is 9.84 Å². The molecule has 0 atom stereocenters. The van der Waals surface area contributed by atoms with Crippen LogP contribution in [0.4, 0.5) is 0 Å². The largest absolute Gasteiger partial charge is 0.480 e. The first-order valence-corrected chi connectivity index (χ1v) is 2.07.